The summed E-state index contributed by atoms with van der Waals surface area (Å²) in [5.74, 6) is -0.0733. The van der Waals surface area contributed by atoms with E-state index in [2.05, 4.69) is 26.2 Å². The molecule has 3 rings (SSSR count). The van der Waals surface area contributed by atoms with Gasteiger partial charge in [-0.15, -0.1) is 0 Å². The largest absolute Gasteiger partial charge is 0.326 e. The summed E-state index contributed by atoms with van der Waals surface area (Å²) in [5.41, 5.74) is 4.68. The lowest BCUT2D eigenvalue weighted by Gasteiger charge is -2.06. The van der Waals surface area contributed by atoms with E-state index in [0.29, 0.717) is 0 Å². The Morgan fingerprint density at radius 3 is 2.86 bits per heavy atom. The predicted octanol–water partition coefficient (Wildman–Crippen LogP) is 3.89. The fourth-order valence-corrected chi connectivity index (χ4v) is 2.64. The van der Waals surface area contributed by atoms with Gasteiger partial charge in [-0.3, -0.25) is 4.79 Å². The van der Waals surface area contributed by atoms with Crippen LogP contribution < -0.4 is 5.32 Å². The van der Waals surface area contributed by atoms with Gasteiger partial charge in [0.15, 0.2) is 0 Å². The van der Waals surface area contributed by atoms with Crippen LogP contribution in [0.15, 0.2) is 47.2 Å². The molecule has 1 amide bonds. The second-order valence-electron chi connectivity index (χ2n) is 5.39. The maximum atomic E-state index is 12.1. The number of rotatable bonds is 3. The molecule has 3 aromatic rings. The van der Waals surface area contributed by atoms with Gasteiger partial charge in [0.2, 0.25) is 5.91 Å². The zero-order chi connectivity index (χ0) is 15.7. The first kappa shape index (κ1) is 14.8. The lowest BCUT2D eigenvalue weighted by Crippen LogP contribution is -2.14. The van der Waals surface area contributed by atoms with Crippen molar-refractivity contribution in [2.24, 2.45) is 0 Å². The Labute approximate surface area is 137 Å². The van der Waals surface area contributed by atoms with Gasteiger partial charge in [0.05, 0.1) is 12.1 Å². The number of aryl methyl sites for hydroxylation is 2. The minimum atomic E-state index is -0.0733. The average molecular weight is 358 g/mol. The quantitative estimate of drug-likeness (QED) is 0.772. The lowest BCUT2D eigenvalue weighted by atomic mass is 10.2. The van der Waals surface area contributed by atoms with E-state index in [4.69, 9.17) is 0 Å². The first-order chi connectivity index (χ1) is 10.5. The van der Waals surface area contributed by atoms with E-state index in [9.17, 15) is 4.79 Å². The van der Waals surface area contributed by atoms with Crippen LogP contribution in [-0.2, 0) is 11.2 Å². The zero-order valence-corrected chi connectivity index (χ0v) is 14.0. The molecule has 0 unspecified atom stereocenters. The van der Waals surface area contributed by atoms with Crippen LogP contribution in [0.1, 0.15) is 16.8 Å². The summed E-state index contributed by atoms with van der Waals surface area (Å²) in [6, 6.07) is 9.78. The molecule has 0 saturated carbocycles. The fraction of sp³-hybridized carbons (Fsp3) is 0.176. The molecule has 4 nitrogen and oxygen atoms in total. The molecule has 0 saturated heterocycles. The molecular formula is C17H16BrN3O. The second kappa shape index (κ2) is 5.93. The Hall–Kier alpha value is -2.14. The van der Waals surface area contributed by atoms with Gasteiger partial charge in [-0.05, 0) is 49.2 Å². The molecule has 0 aliphatic heterocycles. The number of hydrogen-bond donors (Lipinski definition) is 1. The number of aromatic nitrogens is 2. The van der Waals surface area contributed by atoms with Crippen molar-refractivity contribution < 1.29 is 4.79 Å². The number of carbonyl (C=O) groups is 1. The standard InChI is InChI=1S/C17H16BrN3O/c1-11-5-6-21-10-14(19-16(21)7-11)9-17(22)20-13-4-3-12(2)15(18)8-13/h3-8,10H,9H2,1-2H3,(H,20,22). The van der Waals surface area contributed by atoms with Gasteiger partial charge in [-0.1, -0.05) is 22.0 Å². The molecule has 0 atom stereocenters. The Morgan fingerprint density at radius 2 is 2.09 bits per heavy atom. The van der Waals surface area contributed by atoms with E-state index in [0.717, 1.165) is 32.6 Å². The summed E-state index contributed by atoms with van der Waals surface area (Å²) in [6.45, 7) is 4.03. The predicted molar refractivity (Wildman–Crippen MR) is 91.1 cm³/mol. The molecule has 2 aromatic heterocycles. The summed E-state index contributed by atoms with van der Waals surface area (Å²) in [5, 5.41) is 2.90. The maximum absolute atomic E-state index is 12.1. The minimum absolute atomic E-state index is 0.0733. The number of hydrogen-bond acceptors (Lipinski definition) is 2. The number of imidazole rings is 1. The molecular weight excluding hydrogens is 342 g/mol. The van der Waals surface area contributed by atoms with Crippen LogP contribution in [0.5, 0.6) is 0 Å². The number of carbonyl (C=O) groups excluding carboxylic acids is 1. The molecule has 112 valence electrons. The van der Waals surface area contributed by atoms with Gasteiger partial charge < -0.3 is 9.72 Å². The summed E-state index contributed by atoms with van der Waals surface area (Å²) >= 11 is 3.47. The molecule has 0 bridgehead atoms. The van der Waals surface area contributed by atoms with E-state index >= 15 is 0 Å². The van der Waals surface area contributed by atoms with Crippen molar-refractivity contribution in [1.29, 1.82) is 0 Å². The van der Waals surface area contributed by atoms with E-state index < -0.39 is 0 Å². The third-order valence-electron chi connectivity index (χ3n) is 3.46. The highest BCUT2D eigenvalue weighted by atomic mass is 79.9. The summed E-state index contributed by atoms with van der Waals surface area (Å²) in [4.78, 5) is 16.6. The van der Waals surface area contributed by atoms with Gasteiger partial charge in [-0.2, -0.15) is 0 Å². The molecule has 22 heavy (non-hydrogen) atoms. The molecule has 5 heteroatoms. The van der Waals surface area contributed by atoms with E-state index in [1.807, 2.05) is 61.0 Å². The van der Waals surface area contributed by atoms with Crippen LogP contribution >= 0.6 is 15.9 Å². The van der Waals surface area contributed by atoms with Crippen LogP contribution in [0.4, 0.5) is 5.69 Å². The molecule has 1 N–H and O–H groups in total. The Kier molecular flexibility index (Phi) is 3.98. The fourth-order valence-electron chi connectivity index (χ4n) is 2.26. The second-order valence-corrected chi connectivity index (χ2v) is 6.25. The zero-order valence-electron chi connectivity index (χ0n) is 12.4. The smallest absolute Gasteiger partial charge is 0.230 e. The molecule has 0 fully saturated rings. The van der Waals surface area contributed by atoms with Crippen molar-refractivity contribution in [3.05, 3.63) is 64.0 Å². The highest BCUT2D eigenvalue weighted by Crippen LogP contribution is 2.20. The van der Waals surface area contributed by atoms with E-state index in [-0.39, 0.29) is 12.3 Å². The molecule has 0 aliphatic rings. The third kappa shape index (κ3) is 3.20. The Balaban J connectivity index is 1.73. The summed E-state index contributed by atoms with van der Waals surface area (Å²) < 4.78 is 2.91. The van der Waals surface area contributed by atoms with Crippen LogP contribution in [0.25, 0.3) is 5.65 Å². The number of amides is 1. The molecule has 2 heterocycles. The summed E-state index contributed by atoms with van der Waals surface area (Å²) in [6.07, 6.45) is 4.10. The lowest BCUT2D eigenvalue weighted by molar-refractivity contribution is -0.115. The third-order valence-corrected chi connectivity index (χ3v) is 4.32. The average Bonchev–Trinajstić information content (AvgIpc) is 2.84. The van der Waals surface area contributed by atoms with Crippen LogP contribution in [0, 0.1) is 13.8 Å². The molecule has 0 radical (unpaired) electrons. The first-order valence-corrected chi connectivity index (χ1v) is 7.81. The van der Waals surface area contributed by atoms with E-state index in [1.165, 1.54) is 0 Å². The first-order valence-electron chi connectivity index (χ1n) is 7.01. The highest BCUT2D eigenvalue weighted by Gasteiger charge is 2.09. The van der Waals surface area contributed by atoms with Crippen LogP contribution in [0.3, 0.4) is 0 Å². The molecule has 0 spiro atoms. The number of fused-ring (bicyclic) bond motifs is 1. The number of nitrogens with one attached hydrogen (secondary N) is 1. The Bertz CT molecular complexity index is 854. The number of benzene rings is 1. The van der Waals surface area contributed by atoms with Crippen molar-refractivity contribution in [1.82, 2.24) is 9.38 Å². The highest BCUT2D eigenvalue weighted by molar-refractivity contribution is 9.10. The number of nitrogens with zero attached hydrogens (tertiary/aromatic N) is 2. The van der Waals surface area contributed by atoms with Crippen molar-refractivity contribution in [2.45, 2.75) is 20.3 Å². The van der Waals surface area contributed by atoms with E-state index in [1.54, 1.807) is 0 Å². The van der Waals surface area contributed by atoms with Gasteiger partial charge in [0, 0.05) is 22.6 Å². The molecule has 0 aliphatic carbocycles. The number of anilines is 1. The topological polar surface area (TPSA) is 46.4 Å². The Morgan fingerprint density at radius 1 is 1.27 bits per heavy atom. The minimum Gasteiger partial charge on any atom is -0.326 e. The van der Waals surface area contributed by atoms with Gasteiger partial charge in [-0.25, -0.2) is 4.98 Å². The SMILES string of the molecule is Cc1ccn2cc(CC(=O)Nc3ccc(C)c(Br)c3)nc2c1. The van der Waals surface area contributed by atoms with Crippen molar-refractivity contribution in [3.8, 4) is 0 Å². The number of halogens is 1. The van der Waals surface area contributed by atoms with Gasteiger partial charge in [0.25, 0.3) is 0 Å². The monoisotopic (exact) mass is 357 g/mol. The van der Waals surface area contributed by atoms with Gasteiger partial charge in [0.1, 0.15) is 5.65 Å². The molecule has 1 aromatic carbocycles. The maximum Gasteiger partial charge on any atom is 0.230 e. The van der Waals surface area contributed by atoms with Crippen molar-refractivity contribution in [3.63, 3.8) is 0 Å². The number of pyridine rings is 1. The van der Waals surface area contributed by atoms with Crippen LogP contribution in [0.2, 0.25) is 0 Å². The summed E-state index contributed by atoms with van der Waals surface area (Å²) in [7, 11) is 0. The van der Waals surface area contributed by atoms with Crippen LogP contribution in [-0.4, -0.2) is 15.3 Å². The normalized spacial score (nSPS) is 10.9. The van der Waals surface area contributed by atoms with Gasteiger partial charge >= 0.3 is 0 Å². The van der Waals surface area contributed by atoms with Crippen molar-refractivity contribution >= 4 is 33.2 Å². The van der Waals surface area contributed by atoms with Crippen molar-refractivity contribution in [2.75, 3.05) is 5.32 Å².